The van der Waals surface area contributed by atoms with Gasteiger partial charge in [-0.25, -0.2) is 4.39 Å². The second-order valence-electron chi connectivity index (χ2n) is 6.59. The van der Waals surface area contributed by atoms with E-state index >= 15 is 0 Å². The minimum atomic E-state index is -0.535. The van der Waals surface area contributed by atoms with Crippen LogP contribution in [0.15, 0.2) is 42.5 Å². The average molecular weight is 387 g/mol. The zero-order valence-electron chi connectivity index (χ0n) is 15.6. The molecule has 0 aromatic heterocycles. The molecule has 1 amide bonds. The molecule has 1 saturated heterocycles. The highest BCUT2D eigenvalue weighted by Gasteiger charge is 2.25. The van der Waals surface area contributed by atoms with E-state index < -0.39 is 10.7 Å². The lowest BCUT2D eigenvalue weighted by atomic mass is 10.0. The Bertz CT molecular complexity index is 849. The fourth-order valence-electron chi connectivity index (χ4n) is 3.27. The first-order chi connectivity index (χ1) is 13.5. The highest BCUT2D eigenvalue weighted by molar-refractivity contribution is 5.94. The van der Waals surface area contributed by atoms with Crippen LogP contribution in [0.5, 0.6) is 5.75 Å². The molecule has 28 heavy (non-hydrogen) atoms. The van der Waals surface area contributed by atoms with Gasteiger partial charge in [-0.1, -0.05) is 0 Å². The van der Waals surface area contributed by atoms with Crippen molar-refractivity contribution < 1.29 is 18.8 Å². The Balaban J connectivity index is 1.59. The third-order valence-electron chi connectivity index (χ3n) is 4.71. The number of nitrogens with one attached hydrogen (secondary N) is 1. The standard InChI is InChI=1S/C20H22FN3O4/c1-2-28-17-6-3-14(4-7-17)20(25)23-11-9-16(10-12-23)22-18-13-15(21)5-8-19(18)24(26)27/h3-8,13,16,22H,2,9-12H2,1H3. The number of nitrogens with zero attached hydrogens (tertiary/aromatic N) is 2. The van der Waals surface area contributed by atoms with E-state index in [1.807, 2.05) is 6.92 Å². The molecule has 0 atom stereocenters. The zero-order valence-corrected chi connectivity index (χ0v) is 15.6. The molecule has 1 N–H and O–H groups in total. The van der Waals surface area contributed by atoms with Crippen LogP contribution in [-0.4, -0.2) is 41.5 Å². The average Bonchev–Trinajstić information content (AvgIpc) is 2.69. The molecule has 2 aromatic rings. The van der Waals surface area contributed by atoms with E-state index in [-0.39, 0.29) is 23.3 Å². The summed E-state index contributed by atoms with van der Waals surface area (Å²) >= 11 is 0. The maximum absolute atomic E-state index is 13.5. The Hall–Kier alpha value is -3.16. The van der Waals surface area contributed by atoms with Crippen molar-refractivity contribution >= 4 is 17.3 Å². The van der Waals surface area contributed by atoms with Crippen molar-refractivity contribution in [1.29, 1.82) is 0 Å². The molecule has 0 saturated carbocycles. The highest BCUT2D eigenvalue weighted by atomic mass is 19.1. The lowest BCUT2D eigenvalue weighted by Crippen LogP contribution is -2.42. The maximum Gasteiger partial charge on any atom is 0.292 e. The van der Waals surface area contributed by atoms with Gasteiger partial charge in [-0.2, -0.15) is 0 Å². The van der Waals surface area contributed by atoms with Gasteiger partial charge in [0.1, 0.15) is 17.3 Å². The Morgan fingerprint density at radius 1 is 1.25 bits per heavy atom. The molecule has 0 spiro atoms. The van der Waals surface area contributed by atoms with Gasteiger partial charge in [-0.05, 0) is 50.1 Å². The fraction of sp³-hybridized carbons (Fsp3) is 0.350. The van der Waals surface area contributed by atoms with Crippen molar-refractivity contribution in [3.05, 3.63) is 64.0 Å². The van der Waals surface area contributed by atoms with E-state index in [0.29, 0.717) is 38.1 Å². The molecule has 0 unspecified atom stereocenters. The van der Waals surface area contributed by atoms with Crippen LogP contribution < -0.4 is 10.1 Å². The summed E-state index contributed by atoms with van der Waals surface area (Å²) in [5, 5.41) is 14.2. The number of benzene rings is 2. The van der Waals surface area contributed by atoms with Gasteiger partial charge in [-0.15, -0.1) is 0 Å². The summed E-state index contributed by atoms with van der Waals surface area (Å²) in [5.74, 6) is 0.132. The number of hydrogen-bond acceptors (Lipinski definition) is 5. The summed E-state index contributed by atoms with van der Waals surface area (Å²) in [6, 6.07) is 10.3. The number of rotatable bonds is 6. The van der Waals surface area contributed by atoms with Crippen molar-refractivity contribution in [3.8, 4) is 5.75 Å². The zero-order chi connectivity index (χ0) is 20.1. The molecule has 2 aromatic carbocycles. The summed E-state index contributed by atoms with van der Waals surface area (Å²) in [7, 11) is 0. The molecule has 1 aliphatic heterocycles. The molecule has 3 rings (SSSR count). The van der Waals surface area contributed by atoms with Gasteiger partial charge in [0, 0.05) is 36.8 Å². The SMILES string of the molecule is CCOc1ccc(C(=O)N2CCC(Nc3cc(F)ccc3[N+](=O)[O-])CC2)cc1. The van der Waals surface area contributed by atoms with Gasteiger partial charge in [0.15, 0.2) is 0 Å². The number of carbonyl (C=O) groups is 1. The second-order valence-corrected chi connectivity index (χ2v) is 6.59. The molecule has 0 aliphatic carbocycles. The summed E-state index contributed by atoms with van der Waals surface area (Å²) < 4.78 is 18.9. The van der Waals surface area contributed by atoms with E-state index in [0.717, 1.165) is 23.9 Å². The fourth-order valence-corrected chi connectivity index (χ4v) is 3.27. The van der Waals surface area contributed by atoms with Crippen LogP contribution in [0.4, 0.5) is 15.8 Å². The summed E-state index contributed by atoms with van der Waals surface area (Å²) in [6.45, 7) is 3.51. The van der Waals surface area contributed by atoms with Gasteiger partial charge in [0.25, 0.3) is 11.6 Å². The molecule has 7 nitrogen and oxygen atoms in total. The lowest BCUT2D eigenvalue weighted by molar-refractivity contribution is -0.384. The third-order valence-corrected chi connectivity index (χ3v) is 4.71. The molecule has 0 bridgehead atoms. The number of anilines is 1. The van der Waals surface area contributed by atoms with Gasteiger partial charge in [0.05, 0.1) is 11.5 Å². The first kappa shape index (κ1) is 19.6. The van der Waals surface area contributed by atoms with Crippen LogP contribution in [0.25, 0.3) is 0 Å². The van der Waals surface area contributed by atoms with Gasteiger partial charge < -0.3 is 15.0 Å². The molecule has 8 heteroatoms. The molecule has 1 fully saturated rings. The first-order valence-electron chi connectivity index (χ1n) is 9.20. The van der Waals surface area contributed by atoms with Crippen molar-refractivity contribution in [2.75, 3.05) is 25.0 Å². The third kappa shape index (κ3) is 4.57. The topological polar surface area (TPSA) is 84.7 Å². The predicted octanol–water partition coefficient (Wildman–Crippen LogP) is 3.85. The van der Waals surface area contributed by atoms with Crippen LogP contribution in [0, 0.1) is 15.9 Å². The van der Waals surface area contributed by atoms with E-state index in [1.54, 1.807) is 29.2 Å². The monoisotopic (exact) mass is 387 g/mol. The summed E-state index contributed by atoms with van der Waals surface area (Å²) in [6.07, 6.45) is 1.24. The van der Waals surface area contributed by atoms with Gasteiger partial charge in [0.2, 0.25) is 0 Å². The number of hydrogen-bond donors (Lipinski definition) is 1. The van der Waals surface area contributed by atoms with Crippen LogP contribution in [0.2, 0.25) is 0 Å². The van der Waals surface area contributed by atoms with E-state index in [1.165, 1.54) is 0 Å². The molecule has 0 radical (unpaired) electrons. The first-order valence-corrected chi connectivity index (χ1v) is 9.20. The van der Waals surface area contributed by atoms with Crippen molar-refractivity contribution in [1.82, 2.24) is 4.90 Å². The highest BCUT2D eigenvalue weighted by Crippen LogP contribution is 2.27. The van der Waals surface area contributed by atoms with Crippen molar-refractivity contribution in [2.24, 2.45) is 0 Å². The quantitative estimate of drug-likeness (QED) is 0.601. The van der Waals surface area contributed by atoms with Crippen LogP contribution >= 0.6 is 0 Å². The number of amides is 1. The smallest absolute Gasteiger partial charge is 0.292 e. The molecule has 1 aliphatic rings. The molecule has 1 heterocycles. The number of halogens is 1. The lowest BCUT2D eigenvalue weighted by Gasteiger charge is -2.33. The Kier molecular flexibility index (Phi) is 6.08. The minimum Gasteiger partial charge on any atom is -0.494 e. The second kappa shape index (κ2) is 8.69. The molecular weight excluding hydrogens is 365 g/mol. The van der Waals surface area contributed by atoms with Crippen LogP contribution in [0.1, 0.15) is 30.1 Å². The molecular formula is C20H22FN3O4. The molecule has 148 valence electrons. The number of piperidine rings is 1. The number of carbonyl (C=O) groups excluding carboxylic acids is 1. The Labute approximate surface area is 162 Å². The van der Waals surface area contributed by atoms with Crippen molar-refractivity contribution in [2.45, 2.75) is 25.8 Å². The normalized spacial score (nSPS) is 14.6. The van der Waals surface area contributed by atoms with Crippen molar-refractivity contribution in [3.63, 3.8) is 0 Å². The summed E-state index contributed by atoms with van der Waals surface area (Å²) in [5.41, 5.74) is 0.603. The number of nitro groups is 1. The maximum atomic E-state index is 13.5. The predicted molar refractivity (Wildman–Crippen MR) is 103 cm³/mol. The largest absolute Gasteiger partial charge is 0.494 e. The Morgan fingerprint density at radius 2 is 1.93 bits per heavy atom. The number of ether oxygens (including phenoxy) is 1. The van der Waals surface area contributed by atoms with Gasteiger partial charge >= 0.3 is 0 Å². The number of likely N-dealkylation sites (tertiary alicyclic amines) is 1. The minimum absolute atomic E-state index is 0.0572. The number of nitro benzene ring substituents is 1. The Morgan fingerprint density at radius 3 is 2.54 bits per heavy atom. The summed E-state index contributed by atoms with van der Waals surface area (Å²) in [4.78, 5) is 25.0. The van der Waals surface area contributed by atoms with Crippen LogP contribution in [-0.2, 0) is 0 Å². The van der Waals surface area contributed by atoms with Crippen LogP contribution in [0.3, 0.4) is 0 Å². The van der Waals surface area contributed by atoms with Gasteiger partial charge in [-0.3, -0.25) is 14.9 Å². The van der Waals surface area contributed by atoms with E-state index in [4.69, 9.17) is 4.74 Å². The van der Waals surface area contributed by atoms with E-state index in [9.17, 15) is 19.3 Å². The van der Waals surface area contributed by atoms with E-state index in [2.05, 4.69) is 5.32 Å².